The van der Waals surface area contributed by atoms with E-state index >= 15 is 0 Å². The number of aliphatic carboxylic acids is 1. The summed E-state index contributed by atoms with van der Waals surface area (Å²) in [6, 6.07) is 16.1. The summed E-state index contributed by atoms with van der Waals surface area (Å²) in [7, 11) is 0. The molecular formula is C26H30N2O6. The van der Waals surface area contributed by atoms with E-state index in [1.165, 1.54) is 11.1 Å². The van der Waals surface area contributed by atoms with Crippen molar-refractivity contribution in [2.45, 2.75) is 50.2 Å². The Labute approximate surface area is 198 Å². The molecule has 180 valence electrons. The third-order valence-corrected chi connectivity index (χ3v) is 6.78. The lowest BCUT2D eigenvalue weighted by Crippen LogP contribution is -2.45. The summed E-state index contributed by atoms with van der Waals surface area (Å²) < 4.78 is 5.65. The van der Waals surface area contributed by atoms with Crippen LogP contribution in [-0.4, -0.2) is 53.5 Å². The molecule has 2 aromatic rings. The normalized spacial score (nSPS) is 20.0. The van der Waals surface area contributed by atoms with Gasteiger partial charge in [0.1, 0.15) is 6.61 Å². The van der Waals surface area contributed by atoms with E-state index in [2.05, 4.69) is 34.9 Å². The number of carboxylic acid groups (broad SMARTS) is 1. The van der Waals surface area contributed by atoms with E-state index in [0.29, 0.717) is 0 Å². The van der Waals surface area contributed by atoms with Crippen LogP contribution in [0.3, 0.4) is 0 Å². The van der Waals surface area contributed by atoms with Gasteiger partial charge in [0, 0.05) is 18.4 Å². The molecule has 8 nitrogen and oxygen atoms in total. The van der Waals surface area contributed by atoms with Gasteiger partial charge in [-0.2, -0.15) is 0 Å². The molecule has 0 aliphatic heterocycles. The Balaban J connectivity index is 1.32. The average molecular weight is 467 g/mol. The van der Waals surface area contributed by atoms with E-state index in [9.17, 15) is 19.5 Å². The fourth-order valence-corrected chi connectivity index (χ4v) is 5.04. The number of amides is 2. The number of ether oxygens (including phenoxy) is 1. The van der Waals surface area contributed by atoms with Crippen LogP contribution in [0.4, 0.5) is 4.79 Å². The molecule has 0 radical (unpaired) electrons. The Morgan fingerprint density at radius 1 is 0.971 bits per heavy atom. The lowest BCUT2D eigenvalue weighted by atomic mass is 9.82. The number of fused-ring (bicyclic) bond motifs is 3. The van der Waals surface area contributed by atoms with Crippen molar-refractivity contribution < 1.29 is 29.3 Å². The van der Waals surface area contributed by atoms with E-state index in [0.717, 1.165) is 36.8 Å². The van der Waals surface area contributed by atoms with Crippen LogP contribution in [0.5, 0.6) is 0 Å². The van der Waals surface area contributed by atoms with E-state index < -0.39 is 18.2 Å². The predicted molar refractivity (Wildman–Crippen MR) is 125 cm³/mol. The second-order valence-corrected chi connectivity index (χ2v) is 8.98. The molecule has 8 heteroatoms. The van der Waals surface area contributed by atoms with Crippen molar-refractivity contribution >= 4 is 18.0 Å². The number of aliphatic hydroxyl groups excluding tert-OH is 1. The highest BCUT2D eigenvalue weighted by Gasteiger charge is 2.31. The van der Waals surface area contributed by atoms with E-state index in [1.54, 1.807) is 0 Å². The first kappa shape index (κ1) is 23.8. The third-order valence-electron chi connectivity index (χ3n) is 6.78. The highest BCUT2D eigenvalue weighted by atomic mass is 16.5. The van der Waals surface area contributed by atoms with Gasteiger partial charge in [-0.25, -0.2) is 9.59 Å². The zero-order valence-electron chi connectivity index (χ0n) is 18.9. The number of carboxylic acids is 1. The van der Waals surface area contributed by atoms with Crippen molar-refractivity contribution in [3.8, 4) is 11.1 Å². The summed E-state index contributed by atoms with van der Waals surface area (Å²) in [5.41, 5.74) is 4.62. The standard InChI is InChI=1S/C26H30N2O6/c29-23(25(31)32)14-27-24(30)13-16-7-1-6-12-22(16)28-26(33)34-15-21-19-10-4-2-8-17(19)18-9-3-5-11-20(18)21/h2-5,8-11,16,21-23,29H,1,6-7,12-15H2,(H,27,30)(H,28,33)(H,31,32)/t16?,22?,23-/m0/s1. The summed E-state index contributed by atoms with van der Waals surface area (Å²) in [6.45, 7) is -0.115. The van der Waals surface area contributed by atoms with Crippen LogP contribution < -0.4 is 10.6 Å². The molecule has 0 heterocycles. The average Bonchev–Trinajstić information content (AvgIpc) is 3.16. The number of rotatable bonds is 8. The van der Waals surface area contributed by atoms with Crippen molar-refractivity contribution in [1.82, 2.24) is 10.6 Å². The third kappa shape index (κ3) is 5.39. The molecule has 2 aliphatic rings. The van der Waals surface area contributed by atoms with Crippen molar-refractivity contribution in [1.29, 1.82) is 0 Å². The zero-order chi connectivity index (χ0) is 24.1. The van der Waals surface area contributed by atoms with E-state index in [4.69, 9.17) is 9.84 Å². The molecule has 4 rings (SSSR count). The largest absolute Gasteiger partial charge is 0.479 e. The molecule has 0 spiro atoms. The fraction of sp³-hybridized carbons (Fsp3) is 0.423. The molecule has 0 saturated heterocycles. The quantitative estimate of drug-likeness (QED) is 0.474. The summed E-state index contributed by atoms with van der Waals surface area (Å²) in [5, 5.41) is 23.5. The molecule has 4 N–H and O–H groups in total. The molecule has 2 amide bonds. The molecule has 0 bridgehead atoms. The summed E-state index contributed by atoms with van der Waals surface area (Å²) in [6.07, 6.45) is 1.46. The minimum atomic E-state index is -1.63. The molecule has 3 atom stereocenters. The van der Waals surface area contributed by atoms with Gasteiger partial charge in [-0.05, 0) is 41.0 Å². The van der Waals surface area contributed by atoms with Gasteiger partial charge in [-0.15, -0.1) is 0 Å². The molecular weight excluding hydrogens is 436 g/mol. The van der Waals surface area contributed by atoms with Gasteiger partial charge in [-0.3, -0.25) is 4.79 Å². The van der Waals surface area contributed by atoms with Gasteiger partial charge >= 0.3 is 12.1 Å². The Kier molecular flexibility index (Phi) is 7.47. The first-order valence-electron chi connectivity index (χ1n) is 11.7. The molecule has 2 aromatic carbocycles. The van der Waals surface area contributed by atoms with Crippen molar-refractivity contribution in [3.05, 3.63) is 59.7 Å². The van der Waals surface area contributed by atoms with Crippen LogP contribution in [0.15, 0.2) is 48.5 Å². The molecule has 2 unspecified atom stereocenters. The number of alkyl carbamates (subject to hydrolysis) is 1. The molecule has 0 aromatic heterocycles. The number of nitrogens with one attached hydrogen (secondary N) is 2. The fourth-order valence-electron chi connectivity index (χ4n) is 5.04. The summed E-state index contributed by atoms with van der Waals surface area (Å²) in [4.78, 5) is 35.6. The smallest absolute Gasteiger partial charge is 0.407 e. The molecule has 2 aliphatic carbocycles. The number of aliphatic hydroxyl groups is 1. The second kappa shape index (κ2) is 10.7. The molecule has 1 fully saturated rings. The number of carbonyl (C=O) groups is 3. The van der Waals surface area contributed by atoms with Gasteiger partial charge in [0.15, 0.2) is 6.10 Å². The lowest BCUT2D eigenvalue weighted by molar-refractivity contribution is -0.146. The minimum Gasteiger partial charge on any atom is -0.479 e. The van der Waals surface area contributed by atoms with Crippen LogP contribution in [0.25, 0.3) is 11.1 Å². The molecule has 34 heavy (non-hydrogen) atoms. The number of hydrogen-bond donors (Lipinski definition) is 4. The van der Waals surface area contributed by atoms with Crippen molar-refractivity contribution in [2.24, 2.45) is 5.92 Å². The van der Waals surface area contributed by atoms with Crippen LogP contribution in [0.2, 0.25) is 0 Å². The first-order valence-corrected chi connectivity index (χ1v) is 11.7. The minimum absolute atomic E-state index is 0.0215. The van der Waals surface area contributed by atoms with E-state index in [-0.39, 0.29) is 43.4 Å². The van der Waals surface area contributed by atoms with Crippen molar-refractivity contribution in [2.75, 3.05) is 13.2 Å². The number of hydrogen-bond acceptors (Lipinski definition) is 5. The van der Waals surface area contributed by atoms with Crippen LogP contribution in [-0.2, 0) is 14.3 Å². The Morgan fingerprint density at radius 3 is 2.24 bits per heavy atom. The maximum atomic E-state index is 12.7. The zero-order valence-corrected chi connectivity index (χ0v) is 18.9. The monoisotopic (exact) mass is 466 g/mol. The van der Waals surface area contributed by atoms with Crippen LogP contribution in [0.1, 0.15) is 49.1 Å². The number of benzene rings is 2. The van der Waals surface area contributed by atoms with Crippen LogP contribution >= 0.6 is 0 Å². The second-order valence-electron chi connectivity index (χ2n) is 8.98. The first-order chi connectivity index (χ1) is 16.4. The maximum absolute atomic E-state index is 12.7. The Bertz CT molecular complexity index is 1010. The van der Waals surface area contributed by atoms with E-state index in [1.807, 2.05) is 24.3 Å². The van der Waals surface area contributed by atoms with Crippen LogP contribution in [0, 0.1) is 5.92 Å². The predicted octanol–water partition coefficient (Wildman–Crippen LogP) is 3.04. The van der Waals surface area contributed by atoms with Gasteiger partial charge in [0.05, 0.1) is 6.54 Å². The summed E-state index contributed by atoms with van der Waals surface area (Å²) >= 11 is 0. The van der Waals surface area contributed by atoms with Gasteiger partial charge in [0.25, 0.3) is 0 Å². The summed E-state index contributed by atoms with van der Waals surface area (Å²) in [5.74, 6) is -1.82. The highest BCUT2D eigenvalue weighted by molar-refractivity contribution is 5.79. The Morgan fingerprint density at radius 2 is 1.59 bits per heavy atom. The lowest BCUT2D eigenvalue weighted by Gasteiger charge is -2.31. The van der Waals surface area contributed by atoms with Crippen molar-refractivity contribution in [3.63, 3.8) is 0 Å². The van der Waals surface area contributed by atoms with Gasteiger partial charge in [-0.1, -0.05) is 61.4 Å². The SMILES string of the molecule is O=C(CC1CCCCC1NC(=O)OCC1c2ccccc2-c2ccccc21)NC[C@H](O)C(=O)O. The van der Waals surface area contributed by atoms with Gasteiger partial charge < -0.3 is 25.6 Å². The maximum Gasteiger partial charge on any atom is 0.407 e. The topological polar surface area (TPSA) is 125 Å². The molecule has 1 saturated carbocycles. The Hall–Kier alpha value is -3.39. The number of carbonyl (C=O) groups excluding carboxylic acids is 2. The highest BCUT2D eigenvalue weighted by Crippen LogP contribution is 2.44. The van der Waals surface area contributed by atoms with Gasteiger partial charge in [0.2, 0.25) is 5.91 Å².